The number of benzene rings is 1. The SMILES string of the molecule is CCCCC(O)C(=O)Sc1ccc(B(O)O)cc1. The van der Waals surface area contributed by atoms with E-state index in [1.54, 1.807) is 24.3 Å². The third-order valence-corrected chi connectivity index (χ3v) is 3.48. The third kappa shape index (κ3) is 4.82. The Morgan fingerprint density at radius 2 is 1.94 bits per heavy atom. The number of hydrogen-bond acceptors (Lipinski definition) is 5. The molecule has 0 bridgehead atoms. The van der Waals surface area contributed by atoms with Crippen LogP contribution in [0.2, 0.25) is 0 Å². The van der Waals surface area contributed by atoms with Gasteiger partial charge >= 0.3 is 7.12 Å². The van der Waals surface area contributed by atoms with Gasteiger partial charge in [-0.1, -0.05) is 31.9 Å². The molecular weight excluding hydrogens is 251 g/mol. The first kappa shape index (κ1) is 15.2. The number of aliphatic hydroxyl groups excluding tert-OH is 1. The minimum atomic E-state index is -1.50. The predicted octanol–water partition coefficient (Wildman–Crippen LogP) is 0.536. The van der Waals surface area contributed by atoms with Gasteiger partial charge in [0.2, 0.25) is 5.12 Å². The summed E-state index contributed by atoms with van der Waals surface area (Å²) in [5.41, 5.74) is 0.373. The van der Waals surface area contributed by atoms with Gasteiger partial charge < -0.3 is 15.2 Å². The molecule has 0 amide bonds. The molecule has 0 spiro atoms. The van der Waals surface area contributed by atoms with E-state index in [1.807, 2.05) is 6.92 Å². The van der Waals surface area contributed by atoms with Gasteiger partial charge in [-0.3, -0.25) is 4.79 Å². The van der Waals surface area contributed by atoms with Crippen LogP contribution in [0, 0.1) is 0 Å². The predicted molar refractivity (Wildman–Crippen MR) is 72.7 cm³/mol. The van der Waals surface area contributed by atoms with Gasteiger partial charge in [-0.2, -0.15) is 0 Å². The molecule has 0 aliphatic carbocycles. The molecule has 1 unspecified atom stereocenters. The van der Waals surface area contributed by atoms with Gasteiger partial charge in [0.25, 0.3) is 0 Å². The number of carbonyl (C=O) groups excluding carboxylic acids is 1. The highest BCUT2D eigenvalue weighted by molar-refractivity contribution is 8.13. The maximum absolute atomic E-state index is 11.7. The van der Waals surface area contributed by atoms with Gasteiger partial charge in [0.05, 0.1) is 0 Å². The lowest BCUT2D eigenvalue weighted by molar-refractivity contribution is -0.118. The average molecular weight is 268 g/mol. The molecular formula is C12H17BO4S. The molecule has 0 radical (unpaired) electrons. The molecule has 0 heterocycles. The van der Waals surface area contributed by atoms with Crippen molar-refractivity contribution in [2.45, 2.75) is 37.2 Å². The zero-order chi connectivity index (χ0) is 13.5. The van der Waals surface area contributed by atoms with E-state index in [4.69, 9.17) is 10.0 Å². The minimum absolute atomic E-state index is 0.277. The molecule has 0 aromatic heterocycles. The lowest BCUT2D eigenvalue weighted by atomic mass is 9.81. The summed E-state index contributed by atoms with van der Waals surface area (Å²) < 4.78 is 0. The summed E-state index contributed by atoms with van der Waals surface area (Å²) in [6.45, 7) is 2.00. The Morgan fingerprint density at radius 3 is 2.44 bits per heavy atom. The summed E-state index contributed by atoms with van der Waals surface area (Å²) in [6.07, 6.45) is 1.31. The zero-order valence-corrected chi connectivity index (χ0v) is 11.1. The lowest BCUT2D eigenvalue weighted by Gasteiger charge is -2.08. The summed E-state index contributed by atoms with van der Waals surface area (Å²) in [7, 11) is -1.50. The van der Waals surface area contributed by atoms with Crippen molar-refractivity contribution >= 4 is 29.5 Å². The van der Waals surface area contributed by atoms with Crippen molar-refractivity contribution < 1.29 is 19.9 Å². The Morgan fingerprint density at radius 1 is 1.33 bits per heavy atom. The maximum Gasteiger partial charge on any atom is 0.488 e. The Labute approximate surface area is 111 Å². The second-order valence-corrected chi connectivity index (χ2v) is 5.10. The molecule has 4 nitrogen and oxygen atoms in total. The van der Waals surface area contributed by atoms with Crippen LogP contribution in [0.25, 0.3) is 0 Å². The molecule has 6 heteroatoms. The van der Waals surface area contributed by atoms with Crippen LogP contribution in [-0.4, -0.2) is 33.5 Å². The molecule has 0 saturated carbocycles. The van der Waals surface area contributed by atoms with E-state index in [-0.39, 0.29) is 5.12 Å². The lowest BCUT2D eigenvalue weighted by Crippen LogP contribution is -2.29. The van der Waals surface area contributed by atoms with Crippen molar-refractivity contribution in [2.24, 2.45) is 0 Å². The fourth-order valence-electron chi connectivity index (χ4n) is 1.41. The molecule has 98 valence electrons. The maximum atomic E-state index is 11.7. The van der Waals surface area contributed by atoms with E-state index in [1.165, 1.54) is 0 Å². The van der Waals surface area contributed by atoms with E-state index >= 15 is 0 Å². The Bertz CT molecular complexity index is 380. The number of thioether (sulfide) groups is 1. The molecule has 1 rings (SSSR count). The van der Waals surface area contributed by atoms with Gasteiger partial charge in [0.15, 0.2) is 0 Å². The minimum Gasteiger partial charge on any atom is -0.423 e. The van der Waals surface area contributed by atoms with Gasteiger partial charge in [-0.05, 0) is 35.8 Å². The van der Waals surface area contributed by atoms with Gasteiger partial charge in [-0.25, -0.2) is 0 Å². The Balaban J connectivity index is 2.53. The van der Waals surface area contributed by atoms with Crippen molar-refractivity contribution in [3.63, 3.8) is 0 Å². The van der Waals surface area contributed by atoms with Crippen molar-refractivity contribution in [1.82, 2.24) is 0 Å². The molecule has 1 aromatic carbocycles. The van der Waals surface area contributed by atoms with Gasteiger partial charge in [0, 0.05) is 4.90 Å². The number of aliphatic hydroxyl groups is 1. The summed E-state index contributed by atoms with van der Waals surface area (Å²) >= 11 is 0.970. The molecule has 0 aliphatic rings. The van der Waals surface area contributed by atoms with Crippen LogP contribution in [0.15, 0.2) is 29.2 Å². The first-order valence-corrected chi connectivity index (χ1v) is 6.72. The third-order valence-electron chi connectivity index (χ3n) is 2.50. The van der Waals surface area contributed by atoms with Gasteiger partial charge in [-0.15, -0.1) is 0 Å². The number of carbonyl (C=O) groups is 1. The smallest absolute Gasteiger partial charge is 0.423 e. The quantitative estimate of drug-likeness (QED) is 0.518. The van der Waals surface area contributed by atoms with Crippen LogP contribution in [0.5, 0.6) is 0 Å². The van der Waals surface area contributed by atoms with Crippen LogP contribution in [0.4, 0.5) is 0 Å². The molecule has 18 heavy (non-hydrogen) atoms. The molecule has 1 aromatic rings. The van der Waals surface area contributed by atoms with E-state index in [9.17, 15) is 9.90 Å². The van der Waals surface area contributed by atoms with Gasteiger partial charge in [0.1, 0.15) is 6.10 Å². The topological polar surface area (TPSA) is 77.8 Å². The first-order chi connectivity index (χ1) is 8.54. The average Bonchev–Trinajstić information content (AvgIpc) is 2.36. The van der Waals surface area contributed by atoms with Crippen LogP contribution in [0.1, 0.15) is 26.2 Å². The highest BCUT2D eigenvalue weighted by Crippen LogP contribution is 2.20. The van der Waals surface area contributed by atoms with Crippen LogP contribution >= 0.6 is 11.8 Å². The van der Waals surface area contributed by atoms with Crippen LogP contribution in [0.3, 0.4) is 0 Å². The summed E-state index contributed by atoms with van der Waals surface area (Å²) in [4.78, 5) is 12.3. The largest absolute Gasteiger partial charge is 0.488 e. The van der Waals surface area contributed by atoms with E-state index in [0.29, 0.717) is 16.8 Å². The zero-order valence-electron chi connectivity index (χ0n) is 10.2. The summed E-state index contributed by atoms with van der Waals surface area (Å²) in [5.74, 6) is 0. The number of rotatable bonds is 6. The van der Waals surface area contributed by atoms with Crippen molar-refractivity contribution in [3.05, 3.63) is 24.3 Å². The molecule has 0 fully saturated rings. The Kier molecular flexibility index (Phi) is 6.42. The van der Waals surface area contributed by atoms with E-state index in [0.717, 1.165) is 24.6 Å². The summed E-state index contributed by atoms with van der Waals surface area (Å²) in [5, 5.41) is 27.2. The number of hydrogen-bond donors (Lipinski definition) is 3. The van der Waals surface area contributed by atoms with Crippen molar-refractivity contribution in [3.8, 4) is 0 Å². The normalized spacial score (nSPS) is 12.2. The molecule has 1 atom stereocenters. The summed E-state index contributed by atoms with van der Waals surface area (Å²) in [6, 6.07) is 6.34. The molecule has 3 N–H and O–H groups in total. The fourth-order valence-corrected chi connectivity index (χ4v) is 2.17. The highest BCUT2D eigenvalue weighted by atomic mass is 32.2. The molecule has 0 saturated heterocycles. The fraction of sp³-hybridized carbons (Fsp3) is 0.417. The van der Waals surface area contributed by atoms with E-state index < -0.39 is 13.2 Å². The van der Waals surface area contributed by atoms with Crippen LogP contribution in [-0.2, 0) is 4.79 Å². The first-order valence-electron chi connectivity index (χ1n) is 5.90. The monoisotopic (exact) mass is 268 g/mol. The standard InChI is InChI=1S/C12H17BO4S/c1-2-3-4-11(14)12(15)18-10-7-5-9(6-8-10)13(16)17/h5-8,11,14,16-17H,2-4H2,1H3. The van der Waals surface area contributed by atoms with Crippen molar-refractivity contribution in [1.29, 1.82) is 0 Å². The van der Waals surface area contributed by atoms with Crippen LogP contribution < -0.4 is 5.46 Å². The second kappa shape index (κ2) is 7.58. The Hall–Kier alpha value is -0.815. The molecule has 0 aliphatic heterocycles. The van der Waals surface area contributed by atoms with E-state index in [2.05, 4.69) is 0 Å². The highest BCUT2D eigenvalue weighted by Gasteiger charge is 2.16. The number of unbranched alkanes of at least 4 members (excludes halogenated alkanes) is 1. The second-order valence-electron chi connectivity index (χ2n) is 4.02. The van der Waals surface area contributed by atoms with Crippen molar-refractivity contribution in [2.75, 3.05) is 0 Å².